The Bertz CT molecular complexity index is 538. The van der Waals surface area contributed by atoms with Gasteiger partial charge in [0.25, 0.3) is 5.91 Å². The van der Waals surface area contributed by atoms with E-state index in [2.05, 4.69) is 40.4 Å². The van der Waals surface area contributed by atoms with Crippen LogP contribution in [0.2, 0.25) is 0 Å². The second kappa shape index (κ2) is 10.6. The van der Waals surface area contributed by atoms with Gasteiger partial charge in [-0.25, -0.2) is 0 Å². The summed E-state index contributed by atoms with van der Waals surface area (Å²) in [5, 5.41) is 5.92. The highest BCUT2D eigenvalue weighted by molar-refractivity contribution is 9.10. The largest absolute Gasteiger partial charge is 0.492 e. The molecule has 0 spiro atoms. The summed E-state index contributed by atoms with van der Waals surface area (Å²) in [6.45, 7) is 6.08. The smallest absolute Gasteiger partial charge is 0.257 e. The van der Waals surface area contributed by atoms with E-state index in [1.165, 1.54) is 0 Å². The van der Waals surface area contributed by atoms with Gasteiger partial charge in [0.1, 0.15) is 5.75 Å². The number of rotatable bonds is 8. The third kappa shape index (κ3) is 7.76. The molecule has 0 fully saturated rings. The molecule has 23 heavy (non-hydrogen) atoms. The first-order valence-corrected chi connectivity index (χ1v) is 8.64. The Kier molecular flexibility index (Phi) is 9.13. The highest BCUT2D eigenvalue weighted by Gasteiger charge is 2.11. The van der Waals surface area contributed by atoms with Crippen LogP contribution in [0.3, 0.4) is 0 Å². The van der Waals surface area contributed by atoms with E-state index >= 15 is 0 Å². The van der Waals surface area contributed by atoms with E-state index in [-0.39, 0.29) is 5.91 Å². The van der Waals surface area contributed by atoms with Crippen LogP contribution in [0, 0.1) is 5.92 Å². The summed E-state index contributed by atoms with van der Waals surface area (Å²) in [5.41, 5.74) is 0.509. The van der Waals surface area contributed by atoms with Gasteiger partial charge in [-0.1, -0.05) is 13.8 Å². The maximum absolute atomic E-state index is 12.1. The highest BCUT2D eigenvalue weighted by Crippen LogP contribution is 2.26. The van der Waals surface area contributed by atoms with E-state index in [0.29, 0.717) is 36.4 Å². The third-order valence-corrected chi connectivity index (χ3v) is 3.67. The van der Waals surface area contributed by atoms with E-state index < -0.39 is 0 Å². The van der Waals surface area contributed by atoms with Crippen molar-refractivity contribution >= 4 is 39.2 Å². The highest BCUT2D eigenvalue weighted by atomic mass is 79.9. The molecule has 0 saturated heterocycles. The van der Waals surface area contributed by atoms with Crippen molar-refractivity contribution in [3.63, 3.8) is 0 Å². The van der Waals surface area contributed by atoms with E-state index in [1.807, 2.05) is 0 Å². The normalized spacial score (nSPS) is 10.5. The summed E-state index contributed by atoms with van der Waals surface area (Å²) < 4.78 is 11.3. The number of thiocarbonyl (C=S) groups is 1. The Balaban J connectivity index is 2.53. The molecular weight excluding hydrogens is 380 g/mol. The molecule has 2 N–H and O–H groups in total. The van der Waals surface area contributed by atoms with E-state index in [9.17, 15) is 4.79 Å². The zero-order valence-corrected chi connectivity index (χ0v) is 16.1. The fraction of sp³-hybridized carbons (Fsp3) is 0.500. The molecule has 0 saturated carbocycles. The lowest BCUT2D eigenvalue weighted by molar-refractivity contribution is 0.0976. The minimum Gasteiger partial charge on any atom is -0.492 e. The van der Waals surface area contributed by atoms with Gasteiger partial charge in [-0.05, 0) is 58.7 Å². The van der Waals surface area contributed by atoms with Crippen molar-refractivity contribution in [1.29, 1.82) is 0 Å². The summed E-state index contributed by atoms with van der Waals surface area (Å²) in [6, 6.07) is 5.21. The minimum atomic E-state index is -0.259. The van der Waals surface area contributed by atoms with Gasteiger partial charge in [0.05, 0.1) is 11.1 Å². The number of hydrogen-bond donors (Lipinski definition) is 2. The Morgan fingerprint density at radius 1 is 1.39 bits per heavy atom. The van der Waals surface area contributed by atoms with Gasteiger partial charge in [-0.15, -0.1) is 0 Å². The van der Waals surface area contributed by atoms with Gasteiger partial charge in [0.2, 0.25) is 0 Å². The fourth-order valence-electron chi connectivity index (χ4n) is 1.65. The van der Waals surface area contributed by atoms with E-state index in [1.54, 1.807) is 25.3 Å². The number of benzene rings is 1. The van der Waals surface area contributed by atoms with Crippen molar-refractivity contribution in [1.82, 2.24) is 10.6 Å². The second-order valence-corrected chi connectivity index (χ2v) is 6.67. The average molecular weight is 403 g/mol. The van der Waals surface area contributed by atoms with Crippen LogP contribution < -0.4 is 15.4 Å². The van der Waals surface area contributed by atoms with Crippen LogP contribution in [-0.4, -0.2) is 37.9 Å². The van der Waals surface area contributed by atoms with E-state index in [0.717, 1.165) is 16.6 Å². The molecule has 0 radical (unpaired) electrons. The molecule has 0 heterocycles. The van der Waals surface area contributed by atoms with Crippen LogP contribution in [0.1, 0.15) is 30.6 Å². The first-order valence-electron chi connectivity index (χ1n) is 7.44. The maximum atomic E-state index is 12.1. The molecule has 1 rings (SSSR count). The lowest BCUT2D eigenvalue weighted by Gasteiger charge is -2.12. The first kappa shape index (κ1) is 19.9. The molecule has 0 atom stereocenters. The minimum absolute atomic E-state index is 0.259. The zero-order chi connectivity index (χ0) is 17.2. The quantitative estimate of drug-likeness (QED) is 0.516. The number of ether oxygens (including phenoxy) is 2. The topological polar surface area (TPSA) is 59.6 Å². The van der Waals surface area contributed by atoms with Crippen LogP contribution in [0.4, 0.5) is 0 Å². The van der Waals surface area contributed by atoms with Gasteiger partial charge < -0.3 is 14.8 Å². The summed E-state index contributed by atoms with van der Waals surface area (Å²) in [7, 11) is 1.65. The van der Waals surface area contributed by atoms with Crippen LogP contribution >= 0.6 is 28.1 Å². The Morgan fingerprint density at radius 3 is 2.74 bits per heavy atom. The molecule has 0 unspecified atom stereocenters. The van der Waals surface area contributed by atoms with Gasteiger partial charge >= 0.3 is 0 Å². The van der Waals surface area contributed by atoms with Crippen molar-refractivity contribution in [2.75, 3.05) is 26.9 Å². The predicted octanol–water partition coefficient (Wildman–Crippen LogP) is 3.12. The molecule has 1 aromatic rings. The van der Waals surface area contributed by atoms with Crippen molar-refractivity contribution in [2.24, 2.45) is 5.92 Å². The van der Waals surface area contributed by atoms with Gasteiger partial charge in [-0.3, -0.25) is 10.1 Å². The number of carbonyl (C=O) groups excluding carboxylic acids is 1. The first-order chi connectivity index (χ1) is 10.9. The standard InChI is InChI=1S/C16H23BrN2O3S/c1-11(2)10-22-14-6-5-12(9-13(14)17)15(20)19-16(23)18-7-4-8-21-3/h5-6,9,11H,4,7-8,10H2,1-3H3,(H2,18,19,20,23). The maximum Gasteiger partial charge on any atom is 0.257 e. The molecule has 7 heteroatoms. The molecule has 0 bridgehead atoms. The van der Waals surface area contributed by atoms with Crippen LogP contribution in [-0.2, 0) is 4.74 Å². The van der Waals surface area contributed by atoms with Crippen molar-refractivity contribution in [3.8, 4) is 5.75 Å². The monoisotopic (exact) mass is 402 g/mol. The Morgan fingerprint density at radius 2 is 2.13 bits per heavy atom. The van der Waals surface area contributed by atoms with E-state index in [4.69, 9.17) is 21.7 Å². The summed E-state index contributed by atoms with van der Waals surface area (Å²) in [6.07, 6.45) is 0.819. The summed E-state index contributed by atoms with van der Waals surface area (Å²) >= 11 is 8.51. The molecule has 5 nitrogen and oxygen atoms in total. The Hall–Kier alpha value is -1.18. The molecule has 0 aliphatic rings. The molecular formula is C16H23BrN2O3S. The summed E-state index contributed by atoms with van der Waals surface area (Å²) in [5.74, 6) is 0.896. The number of hydrogen-bond acceptors (Lipinski definition) is 4. The number of halogens is 1. The predicted molar refractivity (Wildman–Crippen MR) is 99.0 cm³/mol. The van der Waals surface area contributed by atoms with Gasteiger partial charge in [0.15, 0.2) is 5.11 Å². The van der Waals surface area contributed by atoms with Crippen molar-refractivity contribution in [3.05, 3.63) is 28.2 Å². The summed E-state index contributed by atoms with van der Waals surface area (Å²) in [4.78, 5) is 12.1. The number of carbonyl (C=O) groups is 1. The SMILES string of the molecule is COCCCNC(=S)NC(=O)c1ccc(OCC(C)C)c(Br)c1. The van der Waals surface area contributed by atoms with Crippen LogP contribution in [0.25, 0.3) is 0 Å². The fourth-order valence-corrected chi connectivity index (χ4v) is 2.34. The van der Waals surface area contributed by atoms with Gasteiger partial charge in [-0.2, -0.15) is 0 Å². The lowest BCUT2D eigenvalue weighted by atomic mass is 10.2. The molecule has 0 aliphatic heterocycles. The van der Waals surface area contributed by atoms with Gasteiger partial charge in [0, 0.05) is 25.8 Å². The molecule has 1 amide bonds. The average Bonchev–Trinajstić information content (AvgIpc) is 2.50. The number of nitrogens with one attached hydrogen (secondary N) is 2. The molecule has 128 valence electrons. The number of methoxy groups -OCH3 is 1. The molecule has 0 aliphatic carbocycles. The van der Waals surface area contributed by atoms with Crippen LogP contribution in [0.5, 0.6) is 5.75 Å². The Labute approximate surface area is 151 Å². The second-order valence-electron chi connectivity index (χ2n) is 5.41. The lowest BCUT2D eigenvalue weighted by Crippen LogP contribution is -2.39. The molecule has 1 aromatic carbocycles. The number of amides is 1. The van der Waals surface area contributed by atoms with Crippen molar-refractivity contribution < 1.29 is 14.3 Å². The zero-order valence-electron chi connectivity index (χ0n) is 13.6. The third-order valence-electron chi connectivity index (χ3n) is 2.80. The van der Waals surface area contributed by atoms with Crippen LogP contribution in [0.15, 0.2) is 22.7 Å². The van der Waals surface area contributed by atoms with Crippen molar-refractivity contribution in [2.45, 2.75) is 20.3 Å². The molecule has 0 aromatic heterocycles.